The summed E-state index contributed by atoms with van der Waals surface area (Å²) in [5.74, 6) is -0.647. The number of hydrogen-bond donors (Lipinski definition) is 2. The van der Waals surface area contributed by atoms with E-state index in [1.165, 1.54) is 0 Å². The number of halogens is 1. The van der Waals surface area contributed by atoms with Crippen molar-refractivity contribution in [2.45, 2.75) is 32.2 Å². The molecule has 23 heavy (non-hydrogen) atoms. The van der Waals surface area contributed by atoms with Gasteiger partial charge in [0.15, 0.2) is 0 Å². The second-order valence-electron chi connectivity index (χ2n) is 6.44. The molecule has 2 N–H and O–H groups in total. The van der Waals surface area contributed by atoms with Gasteiger partial charge in [0.2, 0.25) is 0 Å². The number of carboxylic acids is 1. The third-order valence-corrected chi connectivity index (χ3v) is 5.44. The maximum atomic E-state index is 12.2. The smallest absolute Gasteiger partial charge is 0.317 e. The van der Waals surface area contributed by atoms with Crippen LogP contribution in [0.4, 0.5) is 4.79 Å². The van der Waals surface area contributed by atoms with Crippen LogP contribution in [0.3, 0.4) is 0 Å². The fourth-order valence-electron chi connectivity index (χ4n) is 3.80. The van der Waals surface area contributed by atoms with Crippen LogP contribution in [0, 0.1) is 11.3 Å². The minimum atomic E-state index is -0.750. The molecule has 0 spiro atoms. The number of fused-ring (bicyclic) bond motifs is 1. The Balaban J connectivity index is 1.45. The van der Waals surface area contributed by atoms with Gasteiger partial charge in [-0.25, -0.2) is 4.79 Å². The van der Waals surface area contributed by atoms with Crippen LogP contribution in [0.5, 0.6) is 0 Å². The molecule has 1 aromatic rings. The molecule has 0 bridgehead atoms. The number of rotatable bonds is 5. The molecular weight excluding hydrogens is 364 g/mol. The number of aromatic nitrogens is 2. The number of urea groups is 1. The van der Waals surface area contributed by atoms with E-state index in [0.29, 0.717) is 26.1 Å². The molecule has 8 heteroatoms. The molecule has 3 rings (SSSR count). The quantitative estimate of drug-likeness (QED) is 0.759. The summed E-state index contributed by atoms with van der Waals surface area (Å²) in [5.41, 5.74) is -0.710. The van der Waals surface area contributed by atoms with E-state index < -0.39 is 11.4 Å². The summed E-state index contributed by atoms with van der Waals surface area (Å²) in [7, 11) is 0. The summed E-state index contributed by atoms with van der Waals surface area (Å²) in [6.45, 7) is 2.18. The zero-order chi connectivity index (χ0) is 16.4. The highest BCUT2D eigenvalue weighted by Gasteiger charge is 2.55. The van der Waals surface area contributed by atoms with E-state index >= 15 is 0 Å². The summed E-state index contributed by atoms with van der Waals surface area (Å²) in [6, 6.07) is -0.151. The molecule has 7 nitrogen and oxygen atoms in total. The van der Waals surface area contributed by atoms with E-state index in [-0.39, 0.29) is 11.9 Å². The number of aryl methyl sites for hydroxylation is 1. The van der Waals surface area contributed by atoms with Gasteiger partial charge in [-0.1, -0.05) is 6.42 Å². The van der Waals surface area contributed by atoms with Gasteiger partial charge in [0.25, 0.3) is 0 Å². The first-order chi connectivity index (χ1) is 11.0. The van der Waals surface area contributed by atoms with Crippen molar-refractivity contribution in [1.29, 1.82) is 0 Å². The van der Waals surface area contributed by atoms with Crippen molar-refractivity contribution in [3.63, 3.8) is 0 Å². The summed E-state index contributed by atoms with van der Waals surface area (Å²) in [5, 5.41) is 16.6. The monoisotopic (exact) mass is 384 g/mol. The highest BCUT2D eigenvalue weighted by molar-refractivity contribution is 9.10. The number of likely N-dealkylation sites (tertiary alicyclic amines) is 1. The average molecular weight is 385 g/mol. The van der Waals surface area contributed by atoms with Gasteiger partial charge in [0.1, 0.15) is 0 Å². The van der Waals surface area contributed by atoms with Crippen LogP contribution in [0.25, 0.3) is 0 Å². The lowest BCUT2D eigenvalue weighted by atomic mass is 9.81. The van der Waals surface area contributed by atoms with Crippen LogP contribution in [-0.4, -0.2) is 51.4 Å². The Hall–Kier alpha value is -1.57. The Bertz CT molecular complexity index is 605. The molecule has 1 aliphatic heterocycles. The van der Waals surface area contributed by atoms with E-state index in [9.17, 15) is 14.7 Å². The number of nitrogens with zero attached hydrogens (tertiary/aromatic N) is 3. The predicted molar refractivity (Wildman–Crippen MR) is 86.9 cm³/mol. The van der Waals surface area contributed by atoms with E-state index in [1.54, 1.807) is 11.1 Å². The summed E-state index contributed by atoms with van der Waals surface area (Å²) in [6.07, 6.45) is 6.94. The molecule has 2 fully saturated rings. The number of carboxylic acid groups (broad SMARTS) is 1. The zero-order valence-electron chi connectivity index (χ0n) is 12.9. The standard InChI is InChI=1S/C15H21BrN4O3/c16-12-7-18-20(9-12)6-2-5-17-14(23)19-8-11-3-1-4-15(11,10-19)13(21)22/h7,9,11H,1-6,8,10H2,(H,17,23)(H,21,22)/t11-,15+/m0/s1. The largest absolute Gasteiger partial charge is 0.481 e. The lowest BCUT2D eigenvalue weighted by Gasteiger charge is -2.23. The Labute approximate surface area is 143 Å². The molecule has 126 valence electrons. The Morgan fingerprint density at radius 3 is 3.00 bits per heavy atom. The molecule has 1 aliphatic carbocycles. The van der Waals surface area contributed by atoms with Crippen LogP contribution >= 0.6 is 15.9 Å². The number of nitrogens with one attached hydrogen (secondary N) is 1. The van der Waals surface area contributed by atoms with Gasteiger partial charge in [0.05, 0.1) is 16.1 Å². The van der Waals surface area contributed by atoms with Gasteiger partial charge >= 0.3 is 12.0 Å². The number of aliphatic carboxylic acids is 1. The van der Waals surface area contributed by atoms with Gasteiger partial charge in [-0.05, 0) is 41.1 Å². The predicted octanol–water partition coefficient (Wildman–Crippen LogP) is 1.93. The fourth-order valence-corrected chi connectivity index (χ4v) is 4.13. The summed E-state index contributed by atoms with van der Waals surface area (Å²) < 4.78 is 2.75. The second kappa shape index (κ2) is 6.51. The van der Waals surface area contributed by atoms with Gasteiger partial charge < -0.3 is 15.3 Å². The van der Waals surface area contributed by atoms with Gasteiger partial charge in [-0.15, -0.1) is 0 Å². The van der Waals surface area contributed by atoms with Crippen molar-refractivity contribution < 1.29 is 14.7 Å². The summed E-state index contributed by atoms with van der Waals surface area (Å²) >= 11 is 3.34. The van der Waals surface area contributed by atoms with Gasteiger partial charge in [0, 0.05) is 32.4 Å². The SMILES string of the molecule is O=C(NCCCn1cc(Br)cn1)N1C[C@@H]2CCC[C@@]2(C(=O)O)C1. The van der Waals surface area contributed by atoms with E-state index in [1.807, 2.05) is 10.9 Å². The molecule has 1 saturated carbocycles. The molecule has 2 amide bonds. The first-order valence-corrected chi connectivity index (χ1v) is 8.75. The van der Waals surface area contributed by atoms with Crippen LogP contribution < -0.4 is 5.32 Å². The molecule has 2 heterocycles. The number of hydrogen-bond acceptors (Lipinski definition) is 3. The zero-order valence-corrected chi connectivity index (χ0v) is 14.5. The van der Waals surface area contributed by atoms with Crippen molar-refractivity contribution in [2.24, 2.45) is 11.3 Å². The first kappa shape index (κ1) is 16.3. The van der Waals surface area contributed by atoms with Crippen LogP contribution in [0.15, 0.2) is 16.9 Å². The Morgan fingerprint density at radius 1 is 1.52 bits per heavy atom. The number of amides is 2. The molecule has 0 unspecified atom stereocenters. The highest BCUT2D eigenvalue weighted by atomic mass is 79.9. The van der Waals surface area contributed by atoms with Gasteiger partial charge in [-0.3, -0.25) is 9.48 Å². The topological polar surface area (TPSA) is 87.5 Å². The van der Waals surface area contributed by atoms with E-state index in [2.05, 4.69) is 26.3 Å². The lowest BCUT2D eigenvalue weighted by molar-refractivity contribution is -0.149. The van der Waals surface area contributed by atoms with Crippen molar-refractivity contribution in [3.8, 4) is 0 Å². The normalized spacial score (nSPS) is 26.3. The van der Waals surface area contributed by atoms with Crippen LogP contribution in [0.2, 0.25) is 0 Å². The average Bonchev–Trinajstić information content (AvgIpc) is 3.16. The van der Waals surface area contributed by atoms with Crippen molar-refractivity contribution in [2.75, 3.05) is 19.6 Å². The van der Waals surface area contributed by atoms with Crippen molar-refractivity contribution in [1.82, 2.24) is 20.0 Å². The van der Waals surface area contributed by atoms with E-state index in [4.69, 9.17) is 0 Å². The molecule has 1 aromatic heterocycles. The minimum absolute atomic E-state index is 0.104. The van der Waals surface area contributed by atoms with Gasteiger partial charge in [-0.2, -0.15) is 5.10 Å². The Kier molecular flexibility index (Phi) is 4.61. The summed E-state index contributed by atoms with van der Waals surface area (Å²) in [4.78, 5) is 25.5. The second-order valence-corrected chi connectivity index (χ2v) is 7.35. The maximum absolute atomic E-state index is 12.2. The fraction of sp³-hybridized carbons (Fsp3) is 0.667. The van der Waals surface area contributed by atoms with Crippen LogP contribution in [0.1, 0.15) is 25.7 Å². The Morgan fingerprint density at radius 2 is 2.35 bits per heavy atom. The highest BCUT2D eigenvalue weighted by Crippen LogP contribution is 2.48. The van der Waals surface area contributed by atoms with E-state index in [0.717, 1.165) is 30.3 Å². The molecule has 0 aromatic carbocycles. The molecule has 0 radical (unpaired) electrons. The van der Waals surface area contributed by atoms with Crippen molar-refractivity contribution >= 4 is 27.9 Å². The third-order valence-electron chi connectivity index (χ3n) is 5.03. The first-order valence-electron chi connectivity index (χ1n) is 7.95. The molecule has 2 aliphatic rings. The molecular formula is C15H21BrN4O3. The molecule has 1 saturated heterocycles. The number of carbonyl (C=O) groups excluding carboxylic acids is 1. The lowest BCUT2D eigenvalue weighted by Crippen LogP contribution is -2.42. The third kappa shape index (κ3) is 3.22. The number of carbonyl (C=O) groups is 2. The maximum Gasteiger partial charge on any atom is 0.317 e. The molecule has 2 atom stereocenters. The van der Waals surface area contributed by atoms with Crippen LogP contribution in [-0.2, 0) is 11.3 Å². The van der Waals surface area contributed by atoms with Crippen molar-refractivity contribution in [3.05, 3.63) is 16.9 Å². The minimum Gasteiger partial charge on any atom is -0.481 e.